The number of rotatable bonds is 2. The van der Waals surface area contributed by atoms with Crippen molar-refractivity contribution >= 4 is 22.3 Å². The van der Waals surface area contributed by atoms with E-state index in [2.05, 4.69) is 23.7 Å². The van der Waals surface area contributed by atoms with Gasteiger partial charge in [-0.15, -0.1) is 11.3 Å². The molecule has 1 aromatic heterocycles. The van der Waals surface area contributed by atoms with E-state index >= 15 is 0 Å². The molecular weight excluding hydrogens is 208 g/mol. The van der Waals surface area contributed by atoms with Gasteiger partial charge in [-0.25, -0.2) is 4.98 Å². The number of hydrogen-bond acceptors (Lipinski definition) is 4. The smallest absolute Gasteiger partial charge is 0.185 e. The molecule has 1 fully saturated rings. The van der Waals surface area contributed by atoms with Crippen molar-refractivity contribution < 1.29 is 4.79 Å². The van der Waals surface area contributed by atoms with Crippen molar-refractivity contribution in [1.82, 2.24) is 4.98 Å². The largest absolute Gasteiger partial charge is 0.348 e. The number of carbonyl (C=O) groups is 1. The van der Waals surface area contributed by atoms with Crippen LogP contribution in [0.15, 0.2) is 5.38 Å². The molecule has 2 heterocycles. The van der Waals surface area contributed by atoms with Crippen LogP contribution in [0.3, 0.4) is 0 Å². The maximum atomic E-state index is 11.1. The molecule has 0 aromatic carbocycles. The monoisotopic (exact) mass is 224 g/mol. The highest BCUT2D eigenvalue weighted by molar-refractivity contribution is 7.13. The second-order valence-corrected chi connectivity index (χ2v) is 5.74. The van der Waals surface area contributed by atoms with Crippen LogP contribution in [0.2, 0.25) is 0 Å². The van der Waals surface area contributed by atoms with Crippen LogP contribution >= 0.6 is 11.3 Å². The Morgan fingerprint density at radius 2 is 2.33 bits per heavy atom. The topological polar surface area (TPSA) is 33.2 Å². The van der Waals surface area contributed by atoms with Gasteiger partial charge >= 0.3 is 0 Å². The van der Waals surface area contributed by atoms with Crippen molar-refractivity contribution in [1.29, 1.82) is 0 Å². The Bertz CT molecular complexity index is 384. The average molecular weight is 224 g/mol. The summed E-state index contributed by atoms with van der Waals surface area (Å²) in [5.41, 5.74) is 0.974. The Morgan fingerprint density at radius 1 is 1.60 bits per heavy atom. The van der Waals surface area contributed by atoms with Crippen molar-refractivity contribution in [3.63, 3.8) is 0 Å². The molecule has 0 aliphatic carbocycles. The second kappa shape index (κ2) is 3.59. The average Bonchev–Trinajstić information content (AvgIpc) is 2.70. The summed E-state index contributed by atoms with van der Waals surface area (Å²) in [4.78, 5) is 17.8. The number of Topliss-reactive ketones (excluding diaryl/α,β-unsaturated/α-hetero) is 1. The molecule has 0 spiro atoms. The molecule has 3 nitrogen and oxygen atoms in total. The number of aromatic nitrogens is 1. The van der Waals surface area contributed by atoms with Crippen LogP contribution in [0, 0.1) is 5.41 Å². The van der Waals surface area contributed by atoms with E-state index in [9.17, 15) is 4.79 Å². The van der Waals surface area contributed by atoms with Crippen LogP contribution in [0.1, 0.15) is 37.7 Å². The summed E-state index contributed by atoms with van der Waals surface area (Å²) in [5.74, 6) is 0.0518. The molecule has 15 heavy (non-hydrogen) atoms. The lowest BCUT2D eigenvalue weighted by molar-refractivity contribution is 0.101. The molecular formula is C11H16N2OS. The van der Waals surface area contributed by atoms with Crippen LogP contribution in [-0.2, 0) is 0 Å². The second-order valence-electron chi connectivity index (χ2n) is 4.91. The van der Waals surface area contributed by atoms with Gasteiger partial charge in [-0.05, 0) is 11.8 Å². The molecule has 0 unspecified atom stereocenters. The van der Waals surface area contributed by atoms with Crippen LogP contribution < -0.4 is 4.90 Å². The van der Waals surface area contributed by atoms with Gasteiger partial charge in [-0.3, -0.25) is 4.79 Å². The molecule has 0 saturated carbocycles. The number of thiazole rings is 1. The third kappa shape index (κ3) is 2.20. The third-order valence-electron chi connectivity index (χ3n) is 2.80. The fraction of sp³-hybridized carbons (Fsp3) is 0.636. The van der Waals surface area contributed by atoms with Crippen molar-refractivity contribution in [2.45, 2.75) is 27.2 Å². The van der Waals surface area contributed by atoms with Crippen LogP contribution in [0.25, 0.3) is 0 Å². The van der Waals surface area contributed by atoms with E-state index in [1.165, 1.54) is 6.42 Å². The molecule has 1 aliphatic rings. The van der Waals surface area contributed by atoms with E-state index in [4.69, 9.17) is 0 Å². The number of carbonyl (C=O) groups excluding carboxylic acids is 1. The summed E-state index contributed by atoms with van der Waals surface area (Å²) < 4.78 is 0. The molecule has 0 bridgehead atoms. The summed E-state index contributed by atoms with van der Waals surface area (Å²) in [7, 11) is 0. The van der Waals surface area contributed by atoms with Gasteiger partial charge in [0.25, 0.3) is 0 Å². The minimum Gasteiger partial charge on any atom is -0.348 e. The molecule has 1 aliphatic heterocycles. The number of nitrogens with zero attached hydrogens (tertiary/aromatic N) is 2. The van der Waals surface area contributed by atoms with Gasteiger partial charge in [0, 0.05) is 25.4 Å². The van der Waals surface area contributed by atoms with Gasteiger partial charge in [0.2, 0.25) is 0 Å². The van der Waals surface area contributed by atoms with E-state index < -0.39 is 0 Å². The fourth-order valence-corrected chi connectivity index (χ4v) is 2.74. The molecule has 1 saturated heterocycles. The Kier molecular flexibility index (Phi) is 2.54. The molecule has 1 aromatic rings. The zero-order valence-electron chi connectivity index (χ0n) is 9.41. The normalized spacial score (nSPS) is 19.5. The maximum Gasteiger partial charge on any atom is 0.185 e. The first-order valence-electron chi connectivity index (χ1n) is 5.19. The van der Waals surface area contributed by atoms with E-state index in [0.29, 0.717) is 11.1 Å². The van der Waals surface area contributed by atoms with E-state index in [1.54, 1.807) is 18.3 Å². The maximum absolute atomic E-state index is 11.1. The highest BCUT2D eigenvalue weighted by Crippen LogP contribution is 2.33. The molecule has 0 radical (unpaired) electrons. The molecule has 82 valence electrons. The van der Waals surface area contributed by atoms with Crippen molar-refractivity contribution in [2.24, 2.45) is 5.41 Å². The van der Waals surface area contributed by atoms with Gasteiger partial charge in [0.05, 0.1) is 0 Å². The van der Waals surface area contributed by atoms with Gasteiger partial charge in [-0.1, -0.05) is 13.8 Å². The highest BCUT2D eigenvalue weighted by Gasteiger charge is 2.30. The molecule has 0 amide bonds. The standard InChI is InChI=1S/C11H16N2OS/c1-8(14)9-6-15-10(12-9)13-5-4-11(2,3)7-13/h6H,4-5,7H2,1-3H3. The summed E-state index contributed by atoms with van der Waals surface area (Å²) in [5, 5.41) is 2.84. The fourth-order valence-electron chi connectivity index (χ4n) is 1.85. The number of ketones is 1. The van der Waals surface area contributed by atoms with Crippen LogP contribution in [0.4, 0.5) is 5.13 Å². The van der Waals surface area contributed by atoms with E-state index in [1.807, 2.05) is 5.38 Å². The number of anilines is 1. The third-order valence-corrected chi connectivity index (χ3v) is 3.70. The minimum absolute atomic E-state index is 0.0518. The van der Waals surface area contributed by atoms with Crippen LogP contribution in [-0.4, -0.2) is 23.9 Å². The van der Waals surface area contributed by atoms with Crippen molar-refractivity contribution in [3.05, 3.63) is 11.1 Å². The molecule has 2 rings (SSSR count). The lowest BCUT2D eigenvalue weighted by Gasteiger charge is -2.18. The Hall–Kier alpha value is -0.900. The molecule has 4 heteroatoms. The highest BCUT2D eigenvalue weighted by atomic mass is 32.1. The molecule has 0 N–H and O–H groups in total. The Labute approximate surface area is 94.1 Å². The van der Waals surface area contributed by atoms with E-state index in [0.717, 1.165) is 18.2 Å². The molecule has 0 atom stereocenters. The predicted octanol–water partition coefficient (Wildman–Crippen LogP) is 2.58. The number of hydrogen-bond donors (Lipinski definition) is 0. The minimum atomic E-state index is 0.0518. The van der Waals surface area contributed by atoms with Crippen molar-refractivity contribution in [3.8, 4) is 0 Å². The quantitative estimate of drug-likeness (QED) is 0.724. The Morgan fingerprint density at radius 3 is 2.80 bits per heavy atom. The summed E-state index contributed by atoms with van der Waals surface area (Å²) in [6.45, 7) is 8.20. The SMILES string of the molecule is CC(=O)c1csc(N2CCC(C)(C)C2)n1. The van der Waals surface area contributed by atoms with Gasteiger partial charge in [0.1, 0.15) is 5.69 Å². The van der Waals surface area contributed by atoms with Crippen molar-refractivity contribution in [2.75, 3.05) is 18.0 Å². The summed E-state index contributed by atoms with van der Waals surface area (Å²) in [6, 6.07) is 0. The van der Waals surface area contributed by atoms with Crippen LogP contribution in [0.5, 0.6) is 0 Å². The van der Waals surface area contributed by atoms with Gasteiger partial charge < -0.3 is 4.90 Å². The van der Waals surface area contributed by atoms with Gasteiger partial charge in [0.15, 0.2) is 10.9 Å². The first kappa shape index (κ1) is 10.6. The Balaban J connectivity index is 2.14. The lowest BCUT2D eigenvalue weighted by Crippen LogP contribution is -2.22. The predicted molar refractivity (Wildman–Crippen MR) is 62.7 cm³/mol. The van der Waals surface area contributed by atoms with E-state index in [-0.39, 0.29) is 5.78 Å². The van der Waals surface area contributed by atoms with Gasteiger partial charge in [-0.2, -0.15) is 0 Å². The first-order chi connectivity index (χ1) is 6.98. The zero-order chi connectivity index (χ0) is 11.1. The summed E-state index contributed by atoms with van der Waals surface area (Å²) >= 11 is 1.57. The first-order valence-corrected chi connectivity index (χ1v) is 6.07. The summed E-state index contributed by atoms with van der Waals surface area (Å²) in [6.07, 6.45) is 1.20. The lowest BCUT2D eigenvalue weighted by atomic mass is 9.93. The zero-order valence-corrected chi connectivity index (χ0v) is 10.2.